The van der Waals surface area contributed by atoms with Crippen molar-refractivity contribution in [2.24, 2.45) is 17.3 Å². The fourth-order valence-corrected chi connectivity index (χ4v) is 6.97. The summed E-state index contributed by atoms with van der Waals surface area (Å²) in [5, 5.41) is 13.8. The molecule has 0 radical (unpaired) electrons. The number of aryl methyl sites for hydroxylation is 1. The number of phenols is 1. The van der Waals surface area contributed by atoms with Gasteiger partial charge in [0.15, 0.2) is 0 Å². The van der Waals surface area contributed by atoms with Crippen LogP contribution < -0.4 is 5.32 Å². The van der Waals surface area contributed by atoms with E-state index >= 15 is 0 Å². The van der Waals surface area contributed by atoms with Crippen molar-refractivity contribution in [3.8, 4) is 5.75 Å². The Morgan fingerprint density at radius 3 is 2.55 bits per heavy atom. The van der Waals surface area contributed by atoms with E-state index in [1.807, 2.05) is 12.1 Å². The lowest BCUT2D eigenvalue weighted by Gasteiger charge is -2.51. The van der Waals surface area contributed by atoms with E-state index in [9.17, 15) is 5.11 Å². The van der Waals surface area contributed by atoms with Gasteiger partial charge in [-0.05, 0) is 109 Å². The molecule has 2 fully saturated rings. The summed E-state index contributed by atoms with van der Waals surface area (Å²) in [6.07, 6.45) is 7.66. The van der Waals surface area contributed by atoms with Crippen LogP contribution in [0.25, 0.3) is 0 Å². The molecule has 0 amide bonds. The molecular weight excluding hydrogens is 354 g/mol. The number of anilines is 1. The van der Waals surface area contributed by atoms with Crippen LogP contribution in [0.15, 0.2) is 42.5 Å². The Hall–Kier alpha value is -1.96. The number of benzene rings is 2. The van der Waals surface area contributed by atoms with Crippen LogP contribution >= 0.6 is 0 Å². The quantitative estimate of drug-likeness (QED) is 0.601. The Bertz CT molecular complexity index is 886. The van der Waals surface area contributed by atoms with Gasteiger partial charge in [0, 0.05) is 11.7 Å². The second kappa shape index (κ2) is 7.07. The molecule has 0 heterocycles. The van der Waals surface area contributed by atoms with E-state index in [2.05, 4.69) is 56.4 Å². The molecule has 3 aliphatic carbocycles. The molecule has 0 saturated heterocycles. The van der Waals surface area contributed by atoms with Gasteiger partial charge in [-0.2, -0.15) is 0 Å². The van der Waals surface area contributed by atoms with E-state index in [1.165, 1.54) is 54.5 Å². The van der Waals surface area contributed by atoms with Crippen molar-refractivity contribution in [3.05, 3.63) is 59.2 Å². The number of phenolic OH excluding ortho intramolecular Hbond substituents is 1. The van der Waals surface area contributed by atoms with Crippen LogP contribution in [0.4, 0.5) is 5.69 Å². The smallest absolute Gasteiger partial charge is 0.115 e. The van der Waals surface area contributed by atoms with Gasteiger partial charge in [-0.1, -0.05) is 39.0 Å². The summed E-state index contributed by atoms with van der Waals surface area (Å²) in [7, 11) is 0. The van der Waals surface area contributed by atoms with Gasteiger partial charge in [-0.25, -0.2) is 0 Å². The number of rotatable bonds is 3. The molecule has 0 unspecified atom stereocenters. The van der Waals surface area contributed by atoms with E-state index in [0.717, 1.165) is 18.3 Å². The molecule has 2 nitrogen and oxygen atoms in total. The summed E-state index contributed by atoms with van der Waals surface area (Å²) in [6, 6.07) is 15.8. The minimum atomic E-state index is 0.395. The second-order valence-electron chi connectivity index (χ2n) is 10.4. The lowest BCUT2D eigenvalue weighted by molar-refractivity contribution is 0.0535. The summed E-state index contributed by atoms with van der Waals surface area (Å²) >= 11 is 0. The number of hydrogen-bond donors (Lipinski definition) is 2. The molecule has 5 atom stereocenters. The van der Waals surface area contributed by atoms with Gasteiger partial charge in [-0.3, -0.25) is 0 Å². The Morgan fingerprint density at radius 2 is 1.79 bits per heavy atom. The zero-order valence-corrected chi connectivity index (χ0v) is 18.1. The van der Waals surface area contributed by atoms with Gasteiger partial charge in [0.25, 0.3) is 0 Å². The van der Waals surface area contributed by atoms with E-state index in [0.29, 0.717) is 29.0 Å². The predicted molar refractivity (Wildman–Crippen MR) is 121 cm³/mol. The van der Waals surface area contributed by atoms with Gasteiger partial charge in [0.1, 0.15) is 5.75 Å². The maximum absolute atomic E-state index is 9.89. The lowest BCUT2D eigenvalue weighted by atomic mass is 9.55. The Morgan fingerprint density at radius 1 is 1.00 bits per heavy atom. The summed E-state index contributed by atoms with van der Waals surface area (Å²) in [6.45, 7) is 7.08. The molecule has 0 bridgehead atoms. The normalized spacial score (nSPS) is 33.1. The van der Waals surface area contributed by atoms with Crippen molar-refractivity contribution in [1.82, 2.24) is 0 Å². The average molecular weight is 390 g/mol. The maximum Gasteiger partial charge on any atom is 0.115 e. The largest absolute Gasteiger partial charge is 0.508 e. The molecule has 2 N–H and O–H groups in total. The first kappa shape index (κ1) is 19.0. The van der Waals surface area contributed by atoms with Crippen LogP contribution in [0.2, 0.25) is 0 Å². The Balaban J connectivity index is 1.35. The highest BCUT2D eigenvalue weighted by molar-refractivity contribution is 5.47. The van der Waals surface area contributed by atoms with Crippen LogP contribution in [0.1, 0.15) is 81.4 Å². The molecule has 2 aromatic carbocycles. The Kier molecular flexibility index (Phi) is 4.64. The summed E-state index contributed by atoms with van der Waals surface area (Å²) in [5.74, 6) is 3.33. The first-order valence-corrected chi connectivity index (χ1v) is 11.6. The van der Waals surface area contributed by atoms with E-state index in [4.69, 9.17) is 0 Å². The molecule has 0 aromatic heterocycles. The van der Waals surface area contributed by atoms with Crippen molar-refractivity contribution in [2.75, 3.05) is 5.32 Å². The first-order chi connectivity index (χ1) is 14.0. The molecule has 5 rings (SSSR count). The van der Waals surface area contributed by atoms with Crippen LogP contribution in [0, 0.1) is 17.3 Å². The lowest BCUT2D eigenvalue weighted by Crippen LogP contribution is -2.46. The van der Waals surface area contributed by atoms with Crippen LogP contribution in [-0.4, -0.2) is 11.1 Å². The van der Waals surface area contributed by atoms with Gasteiger partial charge < -0.3 is 10.4 Å². The second-order valence-corrected chi connectivity index (χ2v) is 10.4. The van der Waals surface area contributed by atoms with Gasteiger partial charge in [-0.15, -0.1) is 0 Å². The third-order valence-corrected chi connectivity index (χ3v) is 8.63. The van der Waals surface area contributed by atoms with E-state index in [-0.39, 0.29) is 0 Å². The van der Waals surface area contributed by atoms with Crippen molar-refractivity contribution in [2.45, 2.75) is 77.2 Å². The highest BCUT2D eigenvalue weighted by atomic mass is 16.3. The van der Waals surface area contributed by atoms with Gasteiger partial charge in [0.05, 0.1) is 0 Å². The molecule has 154 valence electrons. The Labute approximate surface area is 175 Å². The van der Waals surface area contributed by atoms with Crippen molar-refractivity contribution in [1.29, 1.82) is 0 Å². The third-order valence-electron chi connectivity index (χ3n) is 8.63. The van der Waals surface area contributed by atoms with Crippen molar-refractivity contribution < 1.29 is 5.11 Å². The van der Waals surface area contributed by atoms with E-state index < -0.39 is 0 Å². The zero-order chi connectivity index (χ0) is 20.2. The van der Waals surface area contributed by atoms with Crippen molar-refractivity contribution in [3.63, 3.8) is 0 Å². The number of fused-ring (bicyclic) bond motifs is 5. The van der Waals surface area contributed by atoms with Gasteiger partial charge >= 0.3 is 0 Å². The van der Waals surface area contributed by atoms with Crippen LogP contribution in [-0.2, 0) is 6.42 Å². The molecule has 0 spiro atoms. The maximum atomic E-state index is 9.89. The van der Waals surface area contributed by atoms with Crippen molar-refractivity contribution >= 4 is 5.69 Å². The van der Waals surface area contributed by atoms with E-state index in [1.54, 1.807) is 0 Å². The minimum absolute atomic E-state index is 0.395. The number of aromatic hydroxyl groups is 1. The first-order valence-electron chi connectivity index (χ1n) is 11.6. The van der Waals surface area contributed by atoms with Crippen LogP contribution in [0.3, 0.4) is 0 Å². The highest BCUT2D eigenvalue weighted by Gasteiger charge is 2.54. The monoisotopic (exact) mass is 389 g/mol. The summed E-state index contributed by atoms with van der Waals surface area (Å²) in [5.41, 5.74) is 6.02. The molecule has 29 heavy (non-hydrogen) atoms. The zero-order valence-electron chi connectivity index (χ0n) is 18.1. The number of nitrogens with one attached hydrogen (secondary N) is 1. The van der Waals surface area contributed by atoms with Crippen LogP contribution in [0.5, 0.6) is 5.75 Å². The highest BCUT2D eigenvalue weighted by Crippen LogP contribution is 2.61. The standard InChI is InChI=1S/C27H35NO/c1-17(2)18-4-7-20(8-5-18)28-26-13-12-25-24-10-6-19-16-21(29)9-11-22(19)23(24)14-15-27(25,26)3/h4-5,7-9,11,16-17,23-26,28-29H,6,10,12-15H2,1-3H3/t23-,24-,25+,26+,27+/m1/s1. The molecule has 2 heteroatoms. The minimum Gasteiger partial charge on any atom is -0.508 e. The average Bonchev–Trinajstić information content (AvgIpc) is 3.04. The molecular formula is C27H35NO. The third kappa shape index (κ3) is 3.16. The molecule has 2 aromatic rings. The SMILES string of the molecule is CC(C)c1ccc(N[C@H]2CC[C@H]3[C@@H]4CCc5cc(O)ccc5[C@H]4CC[C@]23C)cc1. The van der Waals surface area contributed by atoms with Gasteiger partial charge in [0.2, 0.25) is 0 Å². The summed E-state index contributed by atoms with van der Waals surface area (Å²) < 4.78 is 0. The summed E-state index contributed by atoms with van der Waals surface area (Å²) in [4.78, 5) is 0. The number of hydrogen-bond acceptors (Lipinski definition) is 2. The molecule has 3 aliphatic rings. The molecule has 0 aliphatic heterocycles. The fourth-order valence-electron chi connectivity index (χ4n) is 6.97. The fraction of sp³-hybridized carbons (Fsp3) is 0.556. The molecule has 2 saturated carbocycles. The topological polar surface area (TPSA) is 32.3 Å². The predicted octanol–water partition coefficient (Wildman–Crippen LogP) is 6.85.